The molecule has 31 heavy (non-hydrogen) atoms. The Kier molecular flexibility index (Phi) is 10.3. The van der Waals surface area contributed by atoms with E-state index in [1.54, 1.807) is 19.2 Å². The highest BCUT2D eigenvalue weighted by atomic mass is 127. The maximum atomic E-state index is 12.0. The molecule has 1 amide bonds. The van der Waals surface area contributed by atoms with Crippen molar-refractivity contribution in [2.45, 2.75) is 45.4 Å². The zero-order chi connectivity index (χ0) is 22.3. The second kappa shape index (κ2) is 12.0. The number of guanidine groups is 1. The number of methoxy groups -OCH3 is 2. The summed E-state index contributed by atoms with van der Waals surface area (Å²) < 4.78 is 15.4. The molecule has 2 rings (SSSR count). The topological polar surface area (TPSA) is 101 Å². The molecule has 1 atom stereocenters. The molecule has 0 saturated carbocycles. The van der Waals surface area contributed by atoms with Gasteiger partial charge in [0, 0.05) is 26.7 Å². The summed E-state index contributed by atoms with van der Waals surface area (Å²) in [4.78, 5) is 30.4. The molecule has 2 N–H and O–H groups in total. The molecule has 1 aliphatic heterocycles. The van der Waals surface area contributed by atoms with Crippen LogP contribution in [0.4, 0.5) is 4.79 Å². The molecule has 0 spiro atoms. The number of nitrogens with zero attached hydrogens (tertiary/aromatic N) is 2. The van der Waals surface area contributed by atoms with E-state index in [9.17, 15) is 9.59 Å². The van der Waals surface area contributed by atoms with Crippen LogP contribution in [0.3, 0.4) is 0 Å². The van der Waals surface area contributed by atoms with E-state index in [0.717, 1.165) is 24.5 Å². The number of carbonyl (C=O) groups excluding carboxylic acids is 2. The third-order valence-electron chi connectivity index (χ3n) is 4.54. The van der Waals surface area contributed by atoms with Gasteiger partial charge < -0.3 is 29.7 Å². The van der Waals surface area contributed by atoms with Crippen molar-refractivity contribution in [3.63, 3.8) is 0 Å². The molecule has 0 aliphatic carbocycles. The molecule has 0 aromatic heterocycles. The predicted octanol–water partition coefficient (Wildman–Crippen LogP) is 2.77. The average Bonchev–Trinajstić information content (AvgIpc) is 3.14. The second-order valence-electron chi connectivity index (χ2n) is 8.00. The lowest BCUT2D eigenvalue weighted by atomic mass is 10.1. The standard InChI is InChI=1S/C21H32N4O5.HI/c1-21(2,3)30-20(27)24-15-9-10-25(13-15)19(22-4)23-12-14-7-8-17(28-5)16(11-14)18(26)29-6;/h7-8,11,15H,9-10,12-13H2,1-6H3,(H,22,23)(H,24,27);1H. The van der Waals surface area contributed by atoms with Gasteiger partial charge in [-0.15, -0.1) is 24.0 Å². The number of ether oxygens (including phenoxy) is 3. The van der Waals surface area contributed by atoms with E-state index in [2.05, 4.69) is 20.5 Å². The minimum absolute atomic E-state index is 0. The van der Waals surface area contributed by atoms with Crippen LogP contribution < -0.4 is 15.4 Å². The number of alkyl carbamates (subject to hydrolysis) is 1. The number of rotatable bonds is 5. The molecule has 1 aromatic carbocycles. The summed E-state index contributed by atoms with van der Waals surface area (Å²) in [6.07, 6.45) is 0.389. The number of likely N-dealkylation sites (tertiary alicyclic amines) is 1. The Morgan fingerprint density at radius 2 is 1.97 bits per heavy atom. The van der Waals surface area contributed by atoms with Gasteiger partial charge in [-0.2, -0.15) is 0 Å². The molecule has 1 unspecified atom stereocenters. The highest BCUT2D eigenvalue weighted by Crippen LogP contribution is 2.21. The van der Waals surface area contributed by atoms with E-state index < -0.39 is 17.7 Å². The van der Waals surface area contributed by atoms with Crippen molar-refractivity contribution in [1.29, 1.82) is 0 Å². The van der Waals surface area contributed by atoms with Crippen LogP contribution >= 0.6 is 24.0 Å². The van der Waals surface area contributed by atoms with E-state index in [-0.39, 0.29) is 30.0 Å². The highest BCUT2D eigenvalue weighted by Gasteiger charge is 2.27. The van der Waals surface area contributed by atoms with E-state index in [1.165, 1.54) is 14.2 Å². The number of nitrogens with one attached hydrogen (secondary N) is 2. The Labute approximate surface area is 200 Å². The molecular formula is C21H33IN4O5. The first-order chi connectivity index (χ1) is 14.2. The number of aliphatic imine (C=N–C) groups is 1. The van der Waals surface area contributed by atoms with E-state index in [4.69, 9.17) is 14.2 Å². The molecule has 1 fully saturated rings. The number of benzene rings is 1. The SMILES string of the molecule is CN=C(NCc1ccc(OC)c(C(=O)OC)c1)N1CCC(NC(=O)OC(C)(C)C)C1.I. The highest BCUT2D eigenvalue weighted by molar-refractivity contribution is 14.0. The number of hydrogen-bond donors (Lipinski definition) is 2. The molecule has 9 nitrogen and oxygen atoms in total. The van der Waals surface area contributed by atoms with Crippen LogP contribution in [0.15, 0.2) is 23.2 Å². The van der Waals surface area contributed by atoms with Gasteiger partial charge in [0.2, 0.25) is 0 Å². The van der Waals surface area contributed by atoms with Gasteiger partial charge in [0.25, 0.3) is 0 Å². The molecule has 1 heterocycles. The maximum Gasteiger partial charge on any atom is 0.407 e. The lowest BCUT2D eigenvalue weighted by molar-refractivity contribution is 0.0506. The molecule has 1 aliphatic rings. The van der Waals surface area contributed by atoms with Gasteiger partial charge in [0.1, 0.15) is 16.9 Å². The zero-order valence-corrected chi connectivity index (χ0v) is 21.3. The number of carbonyl (C=O) groups is 2. The van der Waals surface area contributed by atoms with Crippen molar-refractivity contribution in [3.8, 4) is 5.75 Å². The summed E-state index contributed by atoms with van der Waals surface area (Å²) in [7, 11) is 4.56. The summed E-state index contributed by atoms with van der Waals surface area (Å²) in [5, 5.41) is 6.21. The third-order valence-corrected chi connectivity index (χ3v) is 4.54. The van der Waals surface area contributed by atoms with Crippen molar-refractivity contribution in [3.05, 3.63) is 29.3 Å². The van der Waals surface area contributed by atoms with Crippen LogP contribution in [0.1, 0.15) is 43.1 Å². The van der Waals surface area contributed by atoms with Gasteiger partial charge in [-0.3, -0.25) is 4.99 Å². The summed E-state index contributed by atoms with van der Waals surface area (Å²) in [5.41, 5.74) is 0.735. The lowest BCUT2D eigenvalue weighted by Crippen LogP contribution is -2.44. The van der Waals surface area contributed by atoms with Crippen LogP contribution in [0.25, 0.3) is 0 Å². The average molecular weight is 548 g/mol. The molecular weight excluding hydrogens is 515 g/mol. The fourth-order valence-corrected chi connectivity index (χ4v) is 3.19. The minimum atomic E-state index is -0.526. The smallest absolute Gasteiger partial charge is 0.407 e. The second-order valence-corrected chi connectivity index (χ2v) is 8.00. The largest absolute Gasteiger partial charge is 0.496 e. The number of hydrogen-bond acceptors (Lipinski definition) is 6. The summed E-state index contributed by atoms with van der Waals surface area (Å²) in [6.45, 7) is 7.38. The molecule has 0 radical (unpaired) electrons. The van der Waals surface area contributed by atoms with Crippen LogP contribution in [-0.4, -0.2) is 68.9 Å². The normalized spacial score (nSPS) is 16.3. The summed E-state index contributed by atoms with van der Waals surface area (Å²) in [5.74, 6) is 0.734. The van der Waals surface area contributed by atoms with E-state index >= 15 is 0 Å². The number of esters is 1. The Hall–Kier alpha value is -2.24. The Morgan fingerprint density at radius 1 is 1.26 bits per heavy atom. The Bertz CT molecular complexity index is 794. The fraction of sp³-hybridized carbons (Fsp3) is 0.571. The van der Waals surface area contributed by atoms with Gasteiger partial charge in [-0.1, -0.05) is 6.07 Å². The van der Waals surface area contributed by atoms with Gasteiger partial charge in [-0.05, 0) is 44.9 Å². The zero-order valence-electron chi connectivity index (χ0n) is 19.0. The molecule has 10 heteroatoms. The molecule has 174 valence electrons. The Morgan fingerprint density at radius 3 is 2.55 bits per heavy atom. The minimum Gasteiger partial charge on any atom is -0.496 e. The van der Waals surface area contributed by atoms with Crippen LogP contribution in [0, 0.1) is 0 Å². The maximum absolute atomic E-state index is 12.0. The van der Waals surface area contributed by atoms with Gasteiger partial charge in [-0.25, -0.2) is 9.59 Å². The first-order valence-corrected chi connectivity index (χ1v) is 9.87. The fourth-order valence-electron chi connectivity index (χ4n) is 3.19. The predicted molar refractivity (Wildman–Crippen MR) is 129 cm³/mol. The van der Waals surface area contributed by atoms with Crippen LogP contribution in [0.5, 0.6) is 5.75 Å². The first kappa shape index (κ1) is 26.8. The quantitative estimate of drug-likeness (QED) is 0.253. The lowest BCUT2D eigenvalue weighted by Gasteiger charge is -2.23. The van der Waals surface area contributed by atoms with Crippen LogP contribution in [-0.2, 0) is 16.0 Å². The molecule has 1 aromatic rings. The third kappa shape index (κ3) is 8.08. The van der Waals surface area contributed by atoms with Crippen LogP contribution in [0.2, 0.25) is 0 Å². The number of halogens is 1. The summed E-state index contributed by atoms with van der Waals surface area (Å²) in [6, 6.07) is 5.35. The van der Waals surface area contributed by atoms with Gasteiger partial charge >= 0.3 is 12.1 Å². The Balaban J connectivity index is 0.00000480. The van der Waals surface area contributed by atoms with E-state index in [1.807, 2.05) is 26.8 Å². The van der Waals surface area contributed by atoms with Crippen molar-refractivity contribution in [1.82, 2.24) is 15.5 Å². The van der Waals surface area contributed by atoms with Gasteiger partial charge in [0.15, 0.2) is 5.96 Å². The van der Waals surface area contributed by atoms with Crippen molar-refractivity contribution in [2.75, 3.05) is 34.4 Å². The number of amides is 1. The van der Waals surface area contributed by atoms with Crippen molar-refractivity contribution in [2.24, 2.45) is 4.99 Å². The molecule has 0 bridgehead atoms. The van der Waals surface area contributed by atoms with Gasteiger partial charge in [0.05, 0.1) is 20.3 Å². The monoisotopic (exact) mass is 548 g/mol. The van der Waals surface area contributed by atoms with Crippen molar-refractivity contribution < 1.29 is 23.8 Å². The summed E-state index contributed by atoms with van der Waals surface area (Å²) >= 11 is 0. The van der Waals surface area contributed by atoms with Crippen molar-refractivity contribution >= 4 is 42.0 Å². The first-order valence-electron chi connectivity index (χ1n) is 9.87. The van der Waals surface area contributed by atoms with E-state index in [0.29, 0.717) is 24.4 Å². The molecule has 1 saturated heterocycles.